The molecule has 4 nitrogen and oxygen atoms in total. The number of piperidine rings is 1. The van der Waals surface area contributed by atoms with E-state index in [9.17, 15) is 4.79 Å². The SMILES string of the molecule is CC(C)(C)OC(=O)N1CCCC(CNCc2c(Cl)cccc2Cl)C1. The van der Waals surface area contributed by atoms with Gasteiger partial charge in [0.05, 0.1) is 0 Å². The van der Waals surface area contributed by atoms with E-state index in [1.54, 1.807) is 0 Å². The molecule has 1 aromatic carbocycles. The fourth-order valence-electron chi connectivity index (χ4n) is 2.83. The average Bonchev–Trinajstić information content (AvgIpc) is 2.49. The van der Waals surface area contributed by atoms with Crippen LogP contribution in [0.3, 0.4) is 0 Å². The summed E-state index contributed by atoms with van der Waals surface area (Å²) in [5.74, 6) is 0.410. The van der Waals surface area contributed by atoms with E-state index in [0.29, 0.717) is 22.5 Å². The third-order valence-corrected chi connectivity index (χ3v) is 4.68. The number of rotatable bonds is 4. The minimum atomic E-state index is -0.455. The molecule has 0 bridgehead atoms. The summed E-state index contributed by atoms with van der Waals surface area (Å²) in [5.41, 5.74) is 0.462. The van der Waals surface area contributed by atoms with Crippen molar-refractivity contribution in [3.63, 3.8) is 0 Å². The minimum absolute atomic E-state index is 0.221. The smallest absolute Gasteiger partial charge is 0.410 e. The Balaban J connectivity index is 1.82. The summed E-state index contributed by atoms with van der Waals surface area (Å²) >= 11 is 12.4. The van der Waals surface area contributed by atoms with E-state index < -0.39 is 5.60 Å². The topological polar surface area (TPSA) is 41.6 Å². The average molecular weight is 373 g/mol. The van der Waals surface area contributed by atoms with Gasteiger partial charge in [0.2, 0.25) is 0 Å². The molecule has 24 heavy (non-hydrogen) atoms. The van der Waals surface area contributed by atoms with Crippen LogP contribution < -0.4 is 5.32 Å². The maximum Gasteiger partial charge on any atom is 0.410 e. The van der Waals surface area contributed by atoms with Crippen molar-refractivity contribution in [3.8, 4) is 0 Å². The third kappa shape index (κ3) is 5.83. The Morgan fingerprint density at radius 3 is 2.62 bits per heavy atom. The van der Waals surface area contributed by atoms with Crippen molar-refractivity contribution in [1.82, 2.24) is 10.2 Å². The van der Waals surface area contributed by atoms with Crippen LogP contribution in [-0.2, 0) is 11.3 Å². The van der Waals surface area contributed by atoms with Crippen molar-refractivity contribution in [3.05, 3.63) is 33.8 Å². The molecular formula is C18H26Cl2N2O2. The first-order chi connectivity index (χ1) is 11.3. The Bertz CT molecular complexity index is 552. The fourth-order valence-corrected chi connectivity index (χ4v) is 3.36. The van der Waals surface area contributed by atoms with Gasteiger partial charge in [-0.3, -0.25) is 0 Å². The van der Waals surface area contributed by atoms with Gasteiger partial charge < -0.3 is 15.0 Å². The molecule has 0 aromatic heterocycles. The first-order valence-corrected chi connectivity index (χ1v) is 9.13. The Morgan fingerprint density at radius 2 is 2.00 bits per heavy atom. The summed E-state index contributed by atoms with van der Waals surface area (Å²) in [6, 6.07) is 5.53. The lowest BCUT2D eigenvalue weighted by Gasteiger charge is -2.34. The van der Waals surface area contributed by atoms with Crippen LogP contribution >= 0.6 is 23.2 Å². The Morgan fingerprint density at radius 1 is 1.33 bits per heavy atom. The van der Waals surface area contributed by atoms with Crippen LogP contribution in [0.5, 0.6) is 0 Å². The monoisotopic (exact) mass is 372 g/mol. The van der Waals surface area contributed by atoms with Gasteiger partial charge in [0, 0.05) is 35.2 Å². The summed E-state index contributed by atoms with van der Waals surface area (Å²) in [5, 5.41) is 4.76. The van der Waals surface area contributed by atoms with Crippen LogP contribution in [-0.4, -0.2) is 36.2 Å². The van der Waals surface area contributed by atoms with Gasteiger partial charge in [0.1, 0.15) is 5.60 Å². The van der Waals surface area contributed by atoms with Crippen molar-refractivity contribution in [1.29, 1.82) is 0 Å². The van der Waals surface area contributed by atoms with Crippen LogP contribution in [0, 0.1) is 5.92 Å². The highest BCUT2D eigenvalue weighted by molar-refractivity contribution is 6.35. The van der Waals surface area contributed by atoms with Crippen molar-refractivity contribution < 1.29 is 9.53 Å². The number of nitrogens with zero attached hydrogens (tertiary/aromatic N) is 1. The van der Waals surface area contributed by atoms with Gasteiger partial charge in [-0.15, -0.1) is 0 Å². The van der Waals surface area contributed by atoms with E-state index in [4.69, 9.17) is 27.9 Å². The maximum atomic E-state index is 12.2. The quantitative estimate of drug-likeness (QED) is 0.830. The second-order valence-electron chi connectivity index (χ2n) is 7.27. The number of hydrogen-bond donors (Lipinski definition) is 1. The highest BCUT2D eigenvalue weighted by Crippen LogP contribution is 2.24. The molecule has 2 rings (SSSR count). The number of halogens is 2. The number of likely N-dealkylation sites (tertiary alicyclic amines) is 1. The molecule has 0 spiro atoms. The molecule has 1 aliphatic rings. The molecule has 1 saturated heterocycles. The second kappa shape index (κ2) is 8.41. The molecule has 6 heteroatoms. The molecule has 1 amide bonds. The van der Waals surface area contributed by atoms with Gasteiger partial charge in [-0.25, -0.2) is 4.79 Å². The minimum Gasteiger partial charge on any atom is -0.444 e. The zero-order valence-electron chi connectivity index (χ0n) is 14.6. The van der Waals surface area contributed by atoms with E-state index in [-0.39, 0.29) is 6.09 Å². The second-order valence-corrected chi connectivity index (χ2v) is 8.08. The summed E-state index contributed by atoms with van der Waals surface area (Å²) in [4.78, 5) is 14.0. The maximum absolute atomic E-state index is 12.2. The lowest BCUT2D eigenvalue weighted by Crippen LogP contribution is -2.45. The first kappa shape index (κ1) is 19.4. The fraction of sp³-hybridized carbons (Fsp3) is 0.611. The van der Waals surface area contributed by atoms with Crippen molar-refractivity contribution in [2.24, 2.45) is 5.92 Å². The molecular weight excluding hydrogens is 347 g/mol. The summed E-state index contributed by atoms with van der Waals surface area (Å²) in [6.07, 6.45) is 1.88. The van der Waals surface area contributed by atoms with E-state index >= 15 is 0 Å². The number of carbonyl (C=O) groups is 1. The zero-order valence-corrected chi connectivity index (χ0v) is 16.1. The molecule has 0 saturated carbocycles. The molecule has 1 aromatic rings. The van der Waals surface area contributed by atoms with Gasteiger partial charge in [-0.1, -0.05) is 29.3 Å². The van der Waals surface area contributed by atoms with Crippen LogP contribution in [0.1, 0.15) is 39.2 Å². The molecule has 1 N–H and O–H groups in total. The predicted molar refractivity (Wildman–Crippen MR) is 98.7 cm³/mol. The number of benzene rings is 1. The normalized spacial score (nSPS) is 18.5. The van der Waals surface area contributed by atoms with Crippen LogP contribution in [0.4, 0.5) is 4.79 Å². The number of hydrogen-bond acceptors (Lipinski definition) is 3. The number of ether oxygens (including phenoxy) is 1. The molecule has 1 aliphatic heterocycles. The molecule has 134 valence electrons. The van der Waals surface area contributed by atoms with Crippen molar-refractivity contribution in [2.45, 2.75) is 45.8 Å². The Kier molecular flexibility index (Phi) is 6.79. The lowest BCUT2D eigenvalue weighted by molar-refractivity contribution is 0.0166. The predicted octanol–water partition coefficient (Wildman–Crippen LogP) is 4.73. The molecule has 1 atom stereocenters. The van der Waals surface area contributed by atoms with Gasteiger partial charge in [-0.05, 0) is 58.2 Å². The molecule has 0 aliphatic carbocycles. The molecule has 0 radical (unpaired) electrons. The van der Waals surface area contributed by atoms with Crippen LogP contribution in [0.2, 0.25) is 10.0 Å². The zero-order chi connectivity index (χ0) is 17.7. The largest absolute Gasteiger partial charge is 0.444 e. The molecule has 1 unspecified atom stereocenters. The van der Waals surface area contributed by atoms with Crippen molar-refractivity contribution in [2.75, 3.05) is 19.6 Å². The van der Waals surface area contributed by atoms with E-state index in [1.165, 1.54) is 0 Å². The summed E-state index contributed by atoms with van der Waals surface area (Å²) in [6.45, 7) is 8.60. The van der Waals surface area contributed by atoms with E-state index in [1.807, 2.05) is 43.9 Å². The highest BCUT2D eigenvalue weighted by Gasteiger charge is 2.27. The highest BCUT2D eigenvalue weighted by atomic mass is 35.5. The van der Waals surface area contributed by atoms with Gasteiger partial charge in [-0.2, -0.15) is 0 Å². The van der Waals surface area contributed by atoms with Crippen LogP contribution in [0.25, 0.3) is 0 Å². The third-order valence-electron chi connectivity index (χ3n) is 3.97. The summed E-state index contributed by atoms with van der Waals surface area (Å²) < 4.78 is 5.46. The lowest BCUT2D eigenvalue weighted by atomic mass is 9.98. The Hall–Kier alpha value is -0.970. The molecule has 1 heterocycles. The van der Waals surface area contributed by atoms with E-state index in [0.717, 1.165) is 38.0 Å². The number of carbonyl (C=O) groups excluding carboxylic acids is 1. The first-order valence-electron chi connectivity index (χ1n) is 8.38. The number of nitrogens with one attached hydrogen (secondary N) is 1. The van der Waals surface area contributed by atoms with Gasteiger partial charge in [0.15, 0.2) is 0 Å². The van der Waals surface area contributed by atoms with Crippen LogP contribution in [0.15, 0.2) is 18.2 Å². The van der Waals surface area contributed by atoms with Gasteiger partial charge in [0.25, 0.3) is 0 Å². The molecule has 1 fully saturated rings. The van der Waals surface area contributed by atoms with Gasteiger partial charge >= 0.3 is 6.09 Å². The Labute approximate surface area is 154 Å². The standard InChI is InChI=1S/C18H26Cl2N2O2/c1-18(2,3)24-17(23)22-9-5-6-13(12-22)10-21-11-14-15(19)7-4-8-16(14)20/h4,7-8,13,21H,5-6,9-12H2,1-3H3. The summed E-state index contributed by atoms with van der Waals surface area (Å²) in [7, 11) is 0. The number of amides is 1. The van der Waals surface area contributed by atoms with Crippen molar-refractivity contribution >= 4 is 29.3 Å². The van der Waals surface area contributed by atoms with E-state index in [2.05, 4.69) is 5.32 Å².